The van der Waals surface area contributed by atoms with Gasteiger partial charge in [-0.1, -0.05) is 6.07 Å². The molecule has 0 unspecified atom stereocenters. The molecule has 0 spiro atoms. The number of para-hydroxylation sites is 1. The van der Waals surface area contributed by atoms with Crippen molar-refractivity contribution < 1.29 is 18.7 Å². The number of hydrogen-bond donors (Lipinski definition) is 2. The minimum atomic E-state index is -0.860. The number of amides is 2. The van der Waals surface area contributed by atoms with Gasteiger partial charge in [0.25, 0.3) is 0 Å². The Bertz CT molecular complexity index is 637. The Kier molecular flexibility index (Phi) is 5.87. The summed E-state index contributed by atoms with van der Waals surface area (Å²) in [5.41, 5.74) is 0.150. The fraction of sp³-hybridized carbons (Fsp3) is 0.556. The van der Waals surface area contributed by atoms with Crippen molar-refractivity contribution in [1.29, 1.82) is 0 Å². The summed E-state index contributed by atoms with van der Waals surface area (Å²) in [6, 6.07) is 3.86. The maximum absolute atomic E-state index is 14.3. The lowest BCUT2D eigenvalue weighted by Gasteiger charge is -2.24. The molecule has 2 amide bonds. The highest BCUT2D eigenvalue weighted by atomic mass is 19.1. The molecule has 1 aromatic carbocycles. The molecule has 1 aliphatic heterocycles. The Balaban J connectivity index is 2.06. The number of ether oxygens (including phenoxy) is 1. The Morgan fingerprint density at radius 2 is 1.88 bits per heavy atom. The van der Waals surface area contributed by atoms with Crippen molar-refractivity contribution in [2.75, 3.05) is 23.3 Å². The van der Waals surface area contributed by atoms with E-state index in [4.69, 9.17) is 4.74 Å². The van der Waals surface area contributed by atoms with Crippen LogP contribution in [0.15, 0.2) is 18.2 Å². The largest absolute Gasteiger partial charge is 0.444 e. The molecule has 1 fully saturated rings. The number of nitrogens with zero attached hydrogens (tertiary/aromatic N) is 1. The van der Waals surface area contributed by atoms with Gasteiger partial charge in [-0.2, -0.15) is 0 Å². The first kappa shape index (κ1) is 19.0. The Labute approximate surface area is 147 Å². The fourth-order valence-corrected chi connectivity index (χ4v) is 2.64. The Hall–Kier alpha value is -2.31. The van der Waals surface area contributed by atoms with Crippen LogP contribution in [0.4, 0.5) is 20.6 Å². The molecule has 138 valence electrons. The van der Waals surface area contributed by atoms with E-state index in [0.717, 1.165) is 25.9 Å². The maximum atomic E-state index is 14.3. The van der Waals surface area contributed by atoms with Crippen molar-refractivity contribution in [2.45, 2.75) is 52.2 Å². The first-order chi connectivity index (χ1) is 11.7. The zero-order chi connectivity index (χ0) is 18.6. The lowest BCUT2D eigenvalue weighted by Crippen LogP contribution is -2.44. The van der Waals surface area contributed by atoms with Crippen molar-refractivity contribution >= 4 is 23.4 Å². The molecular formula is C18H26FN3O3. The number of benzene rings is 1. The van der Waals surface area contributed by atoms with Gasteiger partial charge >= 0.3 is 6.09 Å². The normalized spacial score (nSPS) is 15.6. The monoisotopic (exact) mass is 351 g/mol. The van der Waals surface area contributed by atoms with Crippen molar-refractivity contribution in [2.24, 2.45) is 0 Å². The number of halogens is 1. The number of rotatable bonds is 4. The molecule has 1 aromatic rings. The van der Waals surface area contributed by atoms with E-state index in [1.54, 1.807) is 32.9 Å². The third kappa shape index (κ3) is 5.34. The van der Waals surface area contributed by atoms with Gasteiger partial charge in [0.2, 0.25) is 5.91 Å². The summed E-state index contributed by atoms with van der Waals surface area (Å²) >= 11 is 0. The van der Waals surface area contributed by atoms with Crippen LogP contribution in [0.3, 0.4) is 0 Å². The number of hydrogen-bond acceptors (Lipinski definition) is 4. The van der Waals surface area contributed by atoms with Gasteiger partial charge in [-0.25, -0.2) is 9.18 Å². The van der Waals surface area contributed by atoms with Gasteiger partial charge in [-0.15, -0.1) is 0 Å². The molecule has 1 aliphatic rings. The summed E-state index contributed by atoms with van der Waals surface area (Å²) < 4.78 is 19.4. The third-order valence-electron chi connectivity index (χ3n) is 3.81. The number of nitrogens with one attached hydrogen (secondary N) is 2. The molecule has 6 nitrogen and oxygen atoms in total. The van der Waals surface area contributed by atoms with E-state index in [1.807, 2.05) is 4.90 Å². The first-order valence-electron chi connectivity index (χ1n) is 8.51. The van der Waals surface area contributed by atoms with Gasteiger partial charge in [0.05, 0.1) is 5.69 Å². The van der Waals surface area contributed by atoms with Gasteiger partial charge in [-0.05, 0) is 52.7 Å². The van der Waals surface area contributed by atoms with E-state index in [9.17, 15) is 14.0 Å². The SMILES string of the molecule is C[C@@H](NC(=O)OC(C)(C)C)C(=O)Nc1c(F)cccc1N1CCCC1. The molecule has 7 heteroatoms. The third-order valence-corrected chi connectivity index (χ3v) is 3.81. The van der Waals surface area contributed by atoms with Crippen LogP contribution in [0.25, 0.3) is 0 Å². The average Bonchev–Trinajstić information content (AvgIpc) is 3.01. The minimum absolute atomic E-state index is 0.146. The highest BCUT2D eigenvalue weighted by Crippen LogP contribution is 2.31. The second-order valence-corrected chi connectivity index (χ2v) is 7.19. The van der Waals surface area contributed by atoms with Crippen LogP contribution < -0.4 is 15.5 Å². The lowest BCUT2D eigenvalue weighted by molar-refractivity contribution is -0.117. The van der Waals surface area contributed by atoms with Crippen LogP contribution in [-0.2, 0) is 9.53 Å². The van der Waals surface area contributed by atoms with Gasteiger partial charge in [0, 0.05) is 13.1 Å². The number of carbonyl (C=O) groups excluding carboxylic acids is 2. The first-order valence-corrected chi connectivity index (χ1v) is 8.51. The van der Waals surface area contributed by atoms with Gasteiger partial charge < -0.3 is 20.3 Å². The van der Waals surface area contributed by atoms with E-state index < -0.39 is 29.5 Å². The summed E-state index contributed by atoms with van der Waals surface area (Å²) in [7, 11) is 0. The van der Waals surface area contributed by atoms with Crippen LogP contribution in [0.2, 0.25) is 0 Å². The van der Waals surface area contributed by atoms with Crippen molar-refractivity contribution in [3.8, 4) is 0 Å². The summed E-state index contributed by atoms with van der Waals surface area (Å²) in [5.74, 6) is -1.00. The quantitative estimate of drug-likeness (QED) is 0.873. The second kappa shape index (κ2) is 7.72. The molecule has 0 saturated carbocycles. The molecule has 0 bridgehead atoms. The smallest absolute Gasteiger partial charge is 0.408 e. The van der Waals surface area contributed by atoms with Crippen LogP contribution in [0, 0.1) is 5.82 Å². The van der Waals surface area contributed by atoms with Gasteiger partial charge in [0.1, 0.15) is 23.1 Å². The fourth-order valence-electron chi connectivity index (χ4n) is 2.64. The van der Waals surface area contributed by atoms with Gasteiger partial charge in [0.15, 0.2) is 0 Å². The van der Waals surface area contributed by atoms with E-state index >= 15 is 0 Å². The second-order valence-electron chi connectivity index (χ2n) is 7.19. The summed E-state index contributed by atoms with van der Waals surface area (Å²) in [6.07, 6.45) is 1.39. The average molecular weight is 351 g/mol. The van der Waals surface area contributed by atoms with E-state index in [-0.39, 0.29) is 5.69 Å². The van der Waals surface area contributed by atoms with E-state index in [0.29, 0.717) is 5.69 Å². The molecule has 0 aliphatic carbocycles. The molecule has 2 rings (SSSR count). The number of alkyl carbamates (subject to hydrolysis) is 1. The van der Waals surface area contributed by atoms with Crippen LogP contribution >= 0.6 is 0 Å². The topological polar surface area (TPSA) is 70.7 Å². The van der Waals surface area contributed by atoms with Crippen LogP contribution in [-0.4, -0.2) is 36.7 Å². The summed E-state index contributed by atoms with van der Waals surface area (Å²) in [5, 5.41) is 5.05. The Morgan fingerprint density at radius 1 is 1.24 bits per heavy atom. The predicted molar refractivity (Wildman–Crippen MR) is 95.3 cm³/mol. The van der Waals surface area contributed by atoms with Crippen LogP contribution in [0.1, 0.15) is 40.5 Å². The lowest BCUT2D eigenvalue weighted by atomic mass is 10.2. The number of carbonyl (C=O) groups is 2. The van der Waals surface area contributed by atoms with Crippen molar-refractivity contribution in [3.63, 3.8) is 0 Å². The molecule has 0 aromatic heterocycles. The van der Waals surface area contributed by atoms with E-state index in [2.05, 4.69) is 10.6 Å². The molecule has 2 N–H and O–H groups in total. The molecule has 25 heavy (non-hydrogen) atoms. The standard InChI is InChI=1S/C18H26FN3O3/c1-12(20-17(24)25-18(2,3)4)16(23)21-15-13(19)8-7-9-14(15)22-10-5-6-11-22/h7-9,12H,5-6,10-11H2,1-4H3,(H,20,24)(H,21,23)/t12-/m1/s1. The zero-order valence-electron chi connectivity index (χ0n) is 15.2. The highest BCUT2D eigenvalue weighted by Gasteiger charge is 2.24. The molecule has 1 saturated heterocycles. The molecule has 1 atom stereocenters. The van der Waals surface area contributed by atoms with Crippen molar-refractivity contribution in [3.05, 3.63) is 24.0 Å². The summed E-state index contributed by atoms with van der Waals surface area (Å²) in [6.45, 7) is 8.39. The zero-order valence-corrected chi connectivity index (χ0v) is 15.2. The van der Waals surface area contributed by atoms with Crippen LogP contribution in [0.5, 0.6) is 0 Å². The van der Waals surface area contributed by atoms with E-state index in [1.165, 1.54) is 13.0 Å². The molecular weight excluding hydrogens is 325 g/mol. The summed E-state index contributed by atoms with van der Waals surface area (Å²) in [4.78, 5) is 26.2. The van der Waals surface area contributed by atoms with Gasteiger partial charge in [-0.3, -0.25) is 4.79 Å². The number of anilines is 2. The molecule has 1 heterocycles. The van der Waals surface area contributed by atoms with Crippen molar-refractivity contribution in [1.82, 2.24) is 5.32 Å². The molecule has 0 radical (unpaired) electrons. The maximum Gasteiger partial charge on any atom is 0.408 e. The predicted octanol–water partition coefficient (Wildman–Crippen LogP) is 3.28. The Morgan fingerprint density at radius 3 is 2.48 bits per heavy atom. The minimum Gasteiger partial charge on any atom is -0.444 e. The highest BCUT2D eigenvalue weighted by molar-refractivity contribution is 5.99.